The van der Waals surface area contributed by atoms with Crippen molar-refractivity contribution < 1.29 is 13.2 Å². The summed E-state index contributed by atoms with van der Waals surface area (Å²) in [5.41, 5.74) is -0.215. The zero-order chi connectivity index (χ0) is 14.0. The Kier molecular flexibility index (Phi) is 4.58. The molecule has 0 spiro atoms. The van der Waals surface area contributed by atoms with Gasteiger partial charge >= 0.3 is 6.18 Å². The van der Waals surface area contributed by atoms with Crippen LogP contribution in [0.1, 0.15) is 21.4 Å². The van der Waals surface area contributed by atoms with E-state index in [9.17, 15) is 13.2 Å². The lowest BCUT2D eigenvalue weighted by molar-refractivity contribution is -0.138. The Balaban J connectivity index is 2.25. The van der Waals surface area contributed by atoms with Crippen molar-refractivity contribution >= 4 is 38.9 Å². The van der Waals surface area contributed by atoms with Crippen LogP contribution in [0, 0.1) is 0 Å². The summed E-state index contributed by atoms with van der Waals surface area (Å²) in [6.45, 7) is 0. The molecule has 0 aliphatic carbocycles. The third kappa shape index (κ3) is 3.74. The maximum absolute atomic E-state index is 12.8. The van der Waals surface area contributed by atoms with Crippen LogP contribution >= 0.6 is 38.9 Å². The van der Waals surface area contributed by atoms with E-state index in [4.69, 9.17) is 11.6 Å². The summed E-state index contributed by atoms with van der Waals surface area (Å²) in [5.74, 6) is 0. The molecule has 0 amide bonds. The largest absolute Gasteiger partial charge is 0.417 e. The second-order valence-electron chi connectivity index (χ2n) is 3.99. The second-order valence-corrected chi connectivity index (χ2v) is 6.40. The third-order valence-electron chi connectivity index (χ3n) is 2.62. The number of hydrogen-bond acceptors (Lipinski definition) is 1. The molecule has 0 bridgehead atoms. The molecular weight excluding hydrogens is 361 g/mol. The first kappa shape index (κ1) is 14.9. The highest BCUT2D eigenvalue weighted by molar-refractivity contribution is 9.10. The molecule has 19 heavy (non-hydrogen) atoms. The van der Waals surface area contributed by atoms with Crippen molar-refractivity contribution in [1.82, 2.24) is 0 Å². The number of rotatable bonds is 3. The Bertz CT molecular complexity index is 552. The number of thiophene rings is 1. The molecule has 0 aliphatic heterocycles. The zero-order valence-corrected chi connectivity index (χ0v) is 12.7. The summed E-state index contributed by atoms with van der Waals surface area (Å²) in [6, 6.07) is 7.93. The Morgan fingerprint density at radius 2 is 2.00 bits per heavy atom. The maximum Gasteiger partial charge on any atom is 0.417 e. The molecule has 0 saturated carbocycles. The first-order chi connectivity index (χ1) is 8.88. The fourth-order valence-corrected chi connectivity index (χ4v) is 3.30. The lowest BCUT2D eigenvalue weighted by Crippen LogP contribution is -2.07. The van der Waals surface area contributed by atoms with Crippen LogP contribution in [-0.2, 0) is 12.6 Å². The van der Waals surface area contributed by atoms with Crippen molar-refractivity contribution in [3.05, 3.63) is 56.2 Å². The minimum absolute atomic E-state index is 0.0312. The molecule has 0 aliphatic rings. The highest BCUT2D eigenvalue weighted by Gasteiger charge is 2.33. The average Bonchev–Trinajstić information content (AvgIpc) is 2.80. The lowest BCUT2D eigenvalue weighted by Gasteiger charge is -2.14. The smallest absolute Gasteiger partial charge is 0.166 e. The highest BCUT2D eigenvalue weighted by atomic mass is 79.9. The molecule has 1 atom stereocenters. The molecule has 0 radical (unpaired) electrons. The van der Waals surface area contributed by atoms with Gasteiger partial charge < -0.3 is 0 Å². The van der Waals surface area contributed by atoms with Crippen molar-refractivity contribution in [2.75, 3.05) is 0 Å². The van der Waals surface area contributed by atoms with E-state index in [0.717, 1.165) is 10.9 Å². The summed E-state index contributed by atoms with van der Waals surface area (Å²) in [7, 11) is 0. The molecular formula is C13H9BrClF3S. The molecule has 0 nitrogen and oxygen atoms in total. The van der Waals surface area contributed by atoms with Crippen LogP contribution in [0.4, 0.5) is 13.2 Å². The number of halogens is 5. The van der Waals surface area contributed by atoms with Gasteiger partial charge in [0.1, 0.15) is 0 Å². The third-order valence-corrected chi connectivity index (χ3v) is 4.61. The zero-order valence-electron chi connectivity index (χ0n) is 9.55. The highest BCUT2D eigenvalue weighted by Crippen LogP contribution is 2.38. The SMILES string of the molecule is FC(F)(F)c1cc(C(Cl)Cc2cccs2)ccc1Br. The van der Waals surface area contributed by atoms with Gasteiger partial charge in [-0.3, -0.25) is 0 Å². The fourth-order valence-electron chi connectivity index (χ4n) is 1.68. The molecule has 2 rings (SSSR count). The predicted octanol–water partition coefficient (Wildman–Crippen LogP) is 6.05. The van der Waals surface area contributed by atoms with E-state index in [0.29, 0.717) is 12.0 Å². The van der Waals surface area contributed by atoms with Gasteiger partial charge in [-0.25, -0.2) is 0 Å². The maximum atomic E-state index is 12.8. The van der Waals surface area contributed by atoms with Gasteiger partial charge in [-0.2, -0.15) is 13.2 Å². The Morgan fingerprint density at radius 1 is 1.26 bits per heavy atom. The van der Waals surface area contributed by atoms with E-state index in [1.807, 2.05) is 17.5 Å². The van der Waals surface area contributed by atoms with Crippen LogP contribution in [0.15, 0.2) is 40.2 Å². The van der Waals surface area contributed by atoms with Gasteiger partial charge in [0.2, 0.25) is 0 Å². The molecule has 102 valence electrons. The lowest BCUT2D eigenvalue weighted by atomic mass is 10.1. The predicted molar refractivity (Wildman–Crippen MR) is 75.8 cm³/mol. The Morgan fingerprint density at radius 3 is 2.58 bits per heavy atom. The molecule has 1 aromatic carbocycles. The van der Waals surface area contributed by atoms with Crippen molar-refractivity contribution in [3.8, 4) is 0 Å². The van der Waals surface area contributed by atoms with E-state index in [1.165, 1.54) is 6.07 Å². The van der Waals surface area contributed by atoms with E-state index in [2.05, 4.69) is 15.9 Å². The van der Waals surface area contributed by atoms with Gasteiger partial charge in [-0.05, 0) is 29.1 Å². The van der Waals surface area contributed by atoms with Crippen LogP contribution in [0.25, 0.3) is 0 Å². The molecule has 0 N–H and O–H groups in total. The summed E-state index contributed by atoms with van der Waals surface area (Å²) in [5, 5.41) is 1.45. The minimum atomic E-state index is -4.38. The van der Waals surface area contributed by atoms with Crippen LogP contribution < -0.4 is 0 Å². The molecule has 0 saturated heterocycles. The molecule has 0 fully saturated rings. The molecule has 6 heteroatoms. The average molecular weight is 370 g/mol. The van der Waals surface area contributed by atoms with Crippen LogP contribution in [0.5, 0.6) is 0 Å². The van der Waals surface area contributed by atoms with E-state index in [1.54, 1.807) is 17.4 Å². The van der Waals surface area contributed by atoms with Crippen LogP contribution in [0.2, 0.25) is 0 Å². The number of alkyl halides is 4. The van der Waals surface area contributed by atoms with Gasteiger partial charge in [0.05, 0.1) is 10.9 Å². The fraction of sp³-hybridized carbons (Fsp3) is 0.231. The van der Waals surface area contributed by atoms with Gasteiger partial charge in [0.15, 0.2) is 0 Å². The van der Waals surface area contributed by atoms with Crippen LogP contribution in [0.3, 0.4) is 0 Å². The van der Waals surface area contributed by atoms with Crippen molar-refractivity contribution in [2.45, 2.75) is 18.0 Å². The van der Waals surface area contributed by atoms with Crippen molar-refractivity contribution in [3.63, 3.8) is 0 Å². The first-order valence-electron chi connectivity index (χ1n) is 5.41. The van der Waals surface area contributed by atoms with Crippen molar-refractivity contribution in [1.29, 1.82) is 0 Å². The topological polar surface area (TPSA) is 0 Å². The second kappa shape index (κ2) is 5.85. The summed E-state index contributed by atoms with van der Waals surface area (Å²) in [4.78, 5) is 1.05. The summed E-state index contributed by atoms with van der Waals surface area (Å²) in [6.07, 6.45) is -3.85. The Hall–Kier alpha value is -0.520. The van der Waals surface area contributed by atoms with Gasteiger partial charge in [0, 0.05) is 15.8 Å². The van der Waals surface area contributed by atoms with E-state index in [-0.39, 0.29) is 4.47 Å². The molecule has 1 unspecified atom stereocenters. The molecule has 1 heterocycles. The number of hydrogen-bond donors (Lipinski definition) is 0. The Labute approximate surface area is 126 Å². The molecule has 2 aromatic rings. The molecule has 1 aromatic heterocycles. The minimum Gasteiger partial charge on any atom is -0.166 e. The monoisotopic (exact) mass is 368 g/mol. The standard InChI is InChI=1S/C13H9BrClF3S/c14-11-4-3-8(6-10(11)13(16,17)18)12(15)7-9-2-1-5-19-9/h1-6,12H,7H2. The first-order valence-corrected chi connectivity index (χ1v) is 7.52. The van der Waals surface area contributed by atoms with Crippen molar-refractivity contribution in [2.24, 2.45) is 0 Å². The van der Waals surface area contributed by atoms with Gasteiger partial charge in [-0.1, -0.05) is 28.1 Å². The van der Waals surface area contributed by atoms with Crippen LogP contribution in [-0.4, -0.2) is 0 Å². The quantitative estimate of drug-likeness (QED) is 0.578. The normalized spacial score (nSPS) is 13.5. The van der Waals surface area contributed by atoms with Gasteiger partial charge in [0.25, 0.3) is 0 Å². The van der Waals surface area contributed by atoms with Gasteiger partial charge in [-0.15, -0.1) is 22.9 Å². The number of benzene rings is 1. The van der Waals surface area contributed by atoms with E-state index >= 15 is 0 Å². The summed E-state index contributed by atoms with van der Waals surface area (Å²) < 4.78 is 38.4. The summed E-state index contributed by atoms with van der Waals surface area (Å²) >= 11 is 10.7. The van der Waals surface area contributed by atoms with E-state index < -0.39 is 17.1 Å².